The van der Waals surface area contributed by atoms with E-state index in [9.17, 15) is 4.39 Å². The van der Waals surface area contributed by atoms with Crippen molar-refractivity contribution < 1.29 is 9.13 Å². The van der Waals surface area contributed by atoms with Gasteiger partial charge < -0.3 is 4.74 Å². The van der Waals surface area contributed by atoms with E-state index in [2.05, 4.69) is 20.0 Å². The lowest BCUT2D eigenvalue weighted by Crippen LogP contribution is -2.40. The maximum atomic E-state index is 14.0. The molecular weight excluding hydrogens is 369 g/mol. The lowest BCUT2D eigenvalue weighted by Gasteiger charge is -2.37. The zero-order chi connectivity index (χ0) is 19.6. The molecule has 1 aliphatic carbocycles. The molecule has 0 radical (unpaired) electrons. The van der Waals surface area contributed by atoms with E-state index in [1.807, 2.05) is 41.3 Å². The monoisotopic (exact) mass is 393 g/mol. The number of aromatic nitrogens is 4. The first-order valence-corrected chi connectivity index (χ1v) is 10.1. The molecule has 0 N–H and O–H groups in total. The molecule has 29 heavy (non-hydrogen) atoms. The number of rotatable bonds is 5. The largest absolute Gasteiger partial charge is 0.472 e. The van der Waals surface area contributed by atoms with Crippen LogP contribution >= 0.6 is 0 Å². The first kappa shape index (κ1) is 18.2. The average molecular weight is 393 g/mol. The molecule has 2 fully saturated rings. The van der Waals surface area contributed by atoms with Gasteiger partial charge in [-0.05, 0) is 42.9 Å². The van der Waals surface area contributed by atoms with Gasteiger partial charge in [-0.15, -0.1) is 0 Å². The number of hydrogen-bond acceptors (Lipinski definition) is 5. The fourth-order valence-electron chi connectivity index (χ4n) is 4.84. The van der Waals surface area contributed by atoms with Gasteiger partial charge in [-0.3, -0.25) is 14.6 Å². The van der Waals surface area contributed by atoms with Crippen molar-refractivity contribution in [2.75, 3.05) is 13.1 Å². The minimum absolute atomic E-state index is 0.0173. The lowest BCUT2D eigenvalue weighted by atomic mass is 9.77. The summed E-state index contributed by atoms with van der Waals surface area (Å²) in [6, 6.07) is 9.64. The smallest absolute Gasteiger partial charge is 0.213 e. The highest BCUT2D eigenvalue weighted by Gasteiger charge is 2.44. The van der Waals surface area contributed by atoms with Crippen LogP contribution in [0.15, 0.2) is 61.3 Å². The van der Waals surface area contributed by atoms with E-state index in [4.69, 9.17) is 4.74 Å². The minimum Gasteiger partial charge on any atom is -0.472 e. The van der Waals surface area contributed by atoms with E-state index in [0.717, 1.165) is 25.9 Å². The fourth-order valence-corrected chi connectivity index (χ4v) is 4.84. The van der Waals surface area contributed by atoms with Gasteiger partial charge in [0, 0.05) is 56.1 Å². The Bertz CT molecular complexity index is 935. The van der Waals surface area contributed by atoms with Crippen LogP contribution in [0.25, 0.3) is 0 Å². The summed E-state index contributed by atoms with van der Waals surface area (Å²) in [6.07, 6.45) is 10.5. The molecular formula is C22H24FN5O. The number of hydrogen-bond donors (Lipinski definition) is 0. The van der Waals surface area contributed by atoms with Gasteiger partial charge >= 0.3 is 0 Å². The van der Waals surface area contributed by atoms with Crippen molar-refractivity contribution in [1.82, 2.24) is 24.6 Å². The first-order chi connectivity index (χ1) is 14.3. The predicted octanol–water partition coefficient (Wildman–Crippen LogP) is 3.34. The molecule has 3 aromatic rings. The van der Waals surface area contributed by atoms with Gasteiger partial charge in [-0.1, -0.05) is 6.07 Å². The van der Waals surface area contributed by atoms with E-state index in [0.29, 0.717) is 29.8 Å². The van der Waals surface area contributed by atoms with Crippen molar-refractivity contribution in [1.29, 1.82) is 0 Å². The Kier molecular flexibility index (Phi) is 4.97. The minimum atomic E-state index is -0.229. The molecule has 0 spiro atoms. The third kappa shape index (κ3) is 3.87. The van der Waals surface area contributed by atoms with E-state index in [1.165, 1.54) is 6.20 Å². The normalized spacial score (nSPS) is 26.9. The van der Waals surface area contributed by atoms with Crippen LogP contribution < -0.4 is 4.74 Å². The second-order valence-corrected chi connectivity index (χ2v) is 8.03. The van der Waals surface area contributed by atoms with Crippen molar-refractivity contribution in [3.63, 3.8) is 0 Å². The summed E-state index contributed by atoms with van der Waals surface area (Å²) in [5.41, 5.74) is 0.712. The van der Waals surface area contributed by atoms with E-state index in [-0.39, 0.29) is 18.0 Å². The topological polar surface area (TPSA) is 56.1 Å². The maximum Gasteiger partial charge on any atom is 0.213 e. The molecule has 0 unspecified atom stereocenters. The molecule has 1 aliphatic heterocycles. The van der Waals surface area contributed by atoms with E-state index >= 15 is 0 Å². The number of fused-ring (bicyclic) bond motifs is 1. The van der Waals surface area contributed by atoms with Crippen LogP contribution in [0.2, 0.25) is 0 Å². The van der Waals surface area contributed by atoms with Gasteiger partial charge in [0.25, 0.3) is 0 Å². The lowest BCUT2D eigenvalue weighted by molar-refractivity contribution is 0.0459. The summed E-state index contributed by atoms with van der Waals surface area (Å²) < 4.78 is 22.4. The highest BCUT2D eigenvalue weighted by Crippen LogP contribution is 2.42. The van der Waals surface area contributed by atoms with Crippen LogP contribution in [0.5, 0.6) is 5.88 Å². The van der Waals surface area contributed by atoms with Crippen molar-refractivity contribution in [2.24, 2.45) is 11.8 Å². The van der Waals surface area contributed by atoms with Crippen molar-refractivity contribution in [3.05, 3.63) is 72.7 Å². The molecule has 4 atom stereocenters. The molecule has 2 aliphatic rings. The van der Waals surface area contributed by atoms with Gasteiger partial charge in [0.1, 0.15) is 11.9 Å². The Labute approximate surface area is 169 Å². The zero-order valence-electron chi connectivity index (χ0n) is 16.1. The van der Waals surface area contributed by atoms with Gasteiger partial charge in [-0.2, -0.15) is 5.10 Å². The first-order valence-electron chi connectivity index (χ1n) is 10.1. The number of halogens is 1. The third-order valence-corrected chi connectivity index (χ3v) is 6.19. The molecule has 1 saturated carbocycles. The summed E-state index contributed by atoms with van der Waals surface area (Å²) >= 11 is 0. The molecule has 5 rings (SSSR count). The Hall–Kier alpha value is -2.80. The Balaban J connectivity index is 1.33. The molecule has 0 bridgehead atoms. The van der Waals surface area contributed by atoms with Crippen molar-refractivity contribution >= 4 is 0 Å². The quantitative estimate of drug-likeness (QED) is 0.665. The van der Waals surface area contributed by atoms with Crippen molar-refractivity contribution in [3.8, 4) is 5.88 Å². The van der Waals surface area contributed by atoms with Crippen LogP contribution in [0.1, 0.15) is 24.4 Å². The molecule has 1 saturated heterocycles. The van der Waals surface area contributed by atoms with Gasteiger partial charge in [0.15, 0.2) is 0 Å². The molecule has 0 aromatic carbocycles. The Morgan fingerprint density at radius 2 is 1.93 bits per heavy atom. The van der Waals surface area contributed by atoms with Gasteiger partial charge in [0.05, 0.1) is 12.2 Å². The molecule has 0 amide bonds. The van der Waals surface area contributed by atoms with Gasteiger partial charge in [0.2, 0.25) is 5.88 Å². The van der Waals surface area contributed by atoms with Crippen molar-refractivity contribution in [2.45, 2.75) is 31.5 Å². The van der Waals surface area contributed by atoms with E-state index < -0.39 is 0 Å². The standard InChI is InChI=1S/C22H24FN5O/c23-19-12-24-8-5-16(19)13-27-14-17-10-20(28-9-3-7-26-28)21(11-18(17)15-27)29-22-4-1-2-6-25-22/h1-9,12,17-18,20-21H,10-11,13-15H2/t17-,18+,20-,21-/m0/s1. The summed E-state index contributed by atoms with van der Waals surface area (Å²) in [7, 11) is 0. The molecule has 150 valence electrons. The zero-order valence-corrected chi connectivity index (χ0v) is 16.1. The summed E-state index contributed by atoms with van der Waals surface area (Å²) in [4.78, 5) is 10.6. The second kappa shape index (κ2) is 7.91. The highest BCUT2D eigenvalue weighted by molar-refractivity contribution is 5.14. The SMILES string of the molecule is Fc1cnccc1CN1C[C@H]2C[C@H](Oc3ccccn3)[C@@H](n3cccn3)C[C@H]2C1. The third-order valence-electron chi connectivity index (χ3n) is 6.19. The predicted molar refractivity (Wildman–Crippen MR) is 106 cm³/mol. The maximum absolute atomic E-state index is 14.0. The summed E-state index contributed by atoms with van der Waals surface area (Å²) in [6.45, 7) is 2.56. The average Bonchev–Trinajstić information content (AvgIpc) is 3.39. The number of ether oxygens (including phenoxy) is 1. The van der Waals surface area contributed by atoms with E-state index in [1.54, 1.807) is 18.5 Å². The Morgan fingerprint density at radius 3 is 2.69 bits per heavy atom. The van der Waals surface area contributed by atoms with Crippen LogP contribution in [0.3, 0.4) is 0 Å². The number of pyridine rings is 2. The fraction of sp³-hybridized carbons (Fsp3) is 0.409. The molecule has 4 heterocycles. The molecule has 3 aromatic heterocycles. The van der Waals surface area contributed by atoms with Crippen LogP contribution in [0, 0.1) is 17.7 Å². The second-order valence-electron chi connectivity index (χ2n) is 8.03. The van der Waals surface area contributed by atoms with Crippen LogP contribution in [-0.2, 0) is 6.54 Å². The highest BCUT2D eigenvalue weighted by atomic mass is 19.1. The Morgan fingerprint density at radius 1 is 1.03 bits per heavy atom. The van der Waals surface area contributed by atoms with Crippen LogP contribution in [0.4, 0.5) is 4.39 Å². The van der Waals surface area contributed by atoms with Crippen LogP contribution in [-0.4, -0.2) is 43.8 Å². The molecule has 6 nitrogen and oxygen atoms in total. The number of nitrogens with zero attached hydrogens (tertiary/aromatic N) is 5. The summed E-state index contributed by atoms with van der Waals surface area (Å²) in [5.74, 6) is 1.51. The van der Waals surface area contributed by atoms with Gasteiger partial charge in [-0.25, -0.2) is 9.37 Å². The molecule has 7 heteroatoms. The summed E-state index contributed by atoms with van der Waals surface area (Å²) in [5, 5.41) is 4.49. The number of likely N-dealkylation sites (tertiary alicyclic amines) is 1.